The average molecular weight is 420 g/mol. The SMILES string of the molecule is COS(=O)n1cc(C(=O)NCCOCCOCCOCCC(=O)O)ccc1=O. The molecule has 0 aromatic carbocycles. The maximum absolute atomic E-state index is 12.0. The van der Waals surface area contributed by atoms with E-state index in [1.54, 1.807) is 0 Å². The van der Waals surface area contributed by atoms with Crippen molar-refractivity contribution in [1.29, 1.82) is 0 Å². The number of ether oxygens (including phenoxy) is 3. The van der Waals surface area contributed by atoms with Gasteiger partial charge in [-0.2, -0.15) is 0 Å². The van der Waals surface area contributed by atoms with Crippen LogP contribution in [0.15, 0.2) is 23.1 Å². The number of carbonyl (C=O) groups is 2. The van der Waals surface area contributed by atoms with Crippen LogP contribution in [0.25, 0.3) is 0 Å². The number of aliphatic carboxylic acids is 1. The summed E-state index contributed by atoms with van der Waals surface area (Å²) in [7, 11) is 1.18. The van der Waals surface area contributed by atoms with Gasteiger partial charge in [0.2, 0.25) is 0 Å². The Labute approximate surface area is 164 Å². The molecule has 0 bridgehead atoms. The highest BCUT2D eigenvalue weighted by Gasteiger charge is 2.10. The second-order valence-electron chi connectivity index (χ2n) is 5.20. The lowest BCUT2D eigenvalue weighted by molar-refractivity contribution is -0.138. The van der Waals surface area contributed by atoms with Gasteiger partial charge in [-0.05, 0) is 6.07 Å². The molecular weight excluding hydrogens is 396 g/mol. The van der Waals surface area contributed by atoms with Crippen LogP contribution in [0.2, 0.25) is 0 Å². The minimum Gasteiger partial charge on any atom is -0.481 e. The number of hydrogen-bond donors (Lipinski definition) is 2. The van der Waals surface area contributed by atoms with Crippen LogP contribution in [0, 0.1) is 0 Å². The Balaban J connectivity index is 2.12. The summed E-state index contributed by atoms with van der Waals surface area (Å²) in [4.78, 5) is 33.9. The largest absolute Gasteiger partial charge is 0.481 e. The number of pyridine rings is 1. The van der Waals surface area contributed by atoms with Crippen molar-refractivity contribution in [3.63, 3.8) is 0 Å². The summed E-state index contributed by atoms with van der Waals surface area (Å²) in [5, 5.41) is 11.0. The molecule has 11 nitrogen and oxygen atoms in total. The molecule has 0 aliphatic carbocycles. The average Bonchev–Trinajstić information content (AvgIpc) is 2.68. The lowest BCUT2D eigenvalue weighted by atomic mass is 10.3. The van der Waals surface area contributed by atoms with Crippen molar-refractivity contribution >= 4 is 23.1 Å². The predicted octanol–water partition coefficient (Wildman–Crippen LogP) is -0.824. The first-order chi connectivity index (χ1) is 13.5. The number of aromatic nitrogens is 1. The third-order valence-corrected chi connectivity index (χ3v) is 4.07. The van der Waals surface area contributed by atoms with E-state index in [0.717, 1.165) is 16.2 Å². The Hall–Kier alpha value is -2.12. The van der Waals surface area contributed by atoms with Gasteiger partial charge in [-0.1, -0.05) is 0 Å². The monoisotopic (exact) mass is 420 g/mol. The first-order valence-electron chi connectivity index (χ1n) is 8.38. The Morgan fingerprint density at radius 3 is 2.29 bits per heavy atom. The van der Waals surface area contributed by atoms with Gasteiger partial charge in [-0.3, -0.25) is 18.6 Å². The van der Waals surface area contributed by atoms with Gasteiger partial charge >= 0.3 is 5.97 Å². The van der Waals surface area contributed by atoms with Gasteiger partial charge in [0.15, 0.2) is 0 Å². The molecule has 0 saturated heterocycles. The fourth-order valence-electron chi connectivity index (χ4n) is 1.84. The van der Waals surface area contributed by atoms with Gasteiger partial charge < -0.3 is 24.6 Å². The van der Waals surface area contributed by atoms with E-state index in [0.29, 0.717) is 26.4 Å². The maximum atomic E-state index is 12.0. The van der Waals surface area contributed by atoms with E-state index >= 15 is 0 Å². The topological polar surface area (TPSA) is 142 Å². The Kier molecular flexibility index (Phi) is 11.9. The van der Waals surface area contributed by atoms with Crippen LogP contribution in [0.1, 0.15) is 16.8 Å². The van der Waals surface area contributed by atoms with E-state index in [4.69, 9.17) is 19.3 Å². The molecule has 1 atom stereocenters. The lowest BCUT2D eigenvalue weighted by Gasteiger charge is -2.08. The highest BCUT2D eigenvalue weighted by Crippen LogP contribution is 1.98. The van der Waals surface area contributed by atoms with Crippen LogP contribution in [-0.2, 0) is 34.5 Å². The standard InChI is InChI=1S/C16H24N2O9S/c1-24-28(23)18-12-13(2-3-14(18)19)16(22)17-5-7-26-9-11-27-10-8-25-6-4-15(20)21/h2-3,12H,4-11H2,1H3,(H,17,22)(H,20,21). The molecule has 0 saturated carbocycles. The smallest absolute Gasteiger partial charge is 0.305 e. The maximum Gasteiger partial charge on any atom is 0.305 e. The number of nitrogens with one attached hydrogen (secondary N) is 1. The first kappa shape index (κ1) is 23.9. The van der Waals surface area contributed by atoms with Gasteiger partial charge in [-0.15, -0.1) is 0 Å². The fourth-order valence-corrected chi connectivity index (χ4v) is 2.41. The highest BCUT2D eigenvalue weighted by atomic mass is 32.2. The van der Waals surface area contributed by atoms with Crippen molar-refractivity contribution in [2.75, 3.05) is 53.3 Å². The Bertz CT molecular complexity index is 708. The zero-order valence-electron chi connectivity index (χ0n) is 15.5. The van der Waals surface area contributed by atoms with Crippen LogP contribution in [0.3, 0.4) is 0 Å². The van der Waals surface area contributed by atoms with Crippen molar-refractivity contribution in [3.05, 3.63) is 34.2 Å². The summed E-state index contributed by atoms with van der Waals surface area (Å²) >= 11 is -2.00. The molecule has 1 unspecified atom stereocenters. The summed E-state index contributed by atoms with van der Waals surface area (Å²) in [6.07, 6.45) is 1.12. The van der Waals surface area contributed by atoms with Crippen molar-refractivity contribution in [3.8, 4) is 0 Å². The van der Waals surface area contributed by atoms with Crippen molar-refractivity contribution in [1.82, 2.24) is 9.29 Å². The molecule has 1 rings (SSSR count). The number of rotatable bonds is 15. The van der Waals surface area contributed by atoms with E-state index in [-0.39, 0.29) is 31.7 Å². The summed E-state index contributed by atoms with van der Waals surface area (Å²) < 4.78 is 32.5. The number of nitrogens with zero attached hydrogens (tertiary/aromatic N) is 1. The van der Waals surface area contributed by atoms with Gasteiger partial charge in [0.25, 0.3) is 22.7 Å². The van der Waals surface area contributed by atoms with Gasteiger partial charge in [-0.25, -0.2) is 8.18 Å². The quantitative estimate of drug-likeness (QED) is 0.348. The summed E-state index contributed by atoms with van der Waals surface area (Å²) in [5.74, 6) is -1.35. The Morgan fingerprint density at radius 2 is 1.68 bits per heavy atom. The zero-order chi connectivity index (χ0) is 20.8. The fraction of sp³-hybridized carbons (Fsp3) is 0.562. The van der Waals surface area contributed by atoms with E-state index < -0.39 is 28.7 Å². The van der Waals surface area contributed by atoms with Gasteiger partial charge in [0, 0.05) is 18.8 Å². The predicted molar refractivity (Wildman–Crippen MR) is 98.3 cm³/mol. The molecule has 28 heavy (non-hydrogen) atoms. The van der Waals surface area contributed by atoms with Crippen LogP contribution < -0.4 is 10.9 Å². The number of carbonyl (C=O) groups excluding carboxylic acids is 1. The minimum atomic E-state index is -2.00. The minimum absolute atomic E-state index is 0.0416. The van der Waals surface area contributed by atoms with Crippen molar-refractivity contribution in [2.24, 2.45) is 0 Å². The summed E-state index contributed by atoms with van der Waals surface area (Å²) in [6, 6.07) is 2.46. The van der Waals surface area contributed by atoms with Crippen LogP contribution in [0.5, 0.6) is 0 Å². The second-order valence-corrected chi connectivity index (χ2v) is 6.36. The Morgan fingerprint density at radius 1 is 1.07 bits per heavy atom. The lowest BCUT2D eigenvalue weighted by Crippen LogP contribution is -2.30. The van der Waals surface area contributed by atoms with E-state index in [9.17, 15) is 18.6 Å². The second kappa shape index (κ2) is 14.0. The molecule has 0 fully saturated rings. The molecule has 158 valence electrons. The third-order valence-electron chi connectivity index (χ3n) is 3.18. The molecule has 1 aromatic rings. The first-order valence-corrected chi connectivity index (χ1v) is 9.41. The van der Waals surface area contributed by atoms with E-state index in [1.165, 1.54) is 13.2 Å². The molecular formula is C16H24N2O9S. The van der Waals surface area contributed by atoms with Gasteiger partial charge in [0.05, 0.1) is 58.7 Å². The number of carboxylic acids is 1. The third kappa shape index (κ3) is 9.71. The van der Waals surface area contributed by atoms with Crippen molar-refractivity contribution < 1.29 is 37.3 Å². The number of hydrogen-bond acceptors (Lipinski definition) is 8. The van der Waals surface area contributed by atoms with Crippen LogP contribution >= 0.6 is 0 Å². The van der Waals surface area contributed by atoms with Crippen LogP contribution in [-0.4, -0.2) is 78.5 Å². The number of carboxylic acid groups (broad SMARTS) is 1. The molecule has 0 spiro atoms. The molecule has 12 heteroatoms. The van der Waals surface area contributed by atoms with E-state index in [2.05, 4.69) is 9.50 Å². The van der Waals surface area contributed by atoms with Crippen LogP contribution in [0.4, 0.5) is 0 Å². The van der Waals surface area contributed by atoms with Crippen molar-refractivity contribution in [2.45, 2.75) is 6.42 Å². The molecule has 1 aromatic heterocycles. The molecule has 0 radical (unpaired) electrons. The van der Waals surface area contributed by atoms with E-state index in [1.807, 2.05) is 0 Å². The summed E-state index contributed by atoms with van der Waals surface area (Å²) in [5.41, 5.74) is -0.386. The normalized spacial score (nSPS) is 11.9. The molecule has 0 aliphatic rings. The molecule has 0 aliphatic heterocycles. The van der Waals surface area contributed by atoms with Gasteiger partial charge in [0.1, 0.15) is 0 Å². The molecule has 2 N–H and O–H groups in total. The molecule has 1 heterocycles. The zero-order valence-corrected chi connectivity index (χ0v) is 16.3. The summed E-state index contributed by atoms with van der Waals surface area (Å²) in [6.45, 7) is 1.94. The molecule has 1 amide bonds. The highest BCUT2D eigenvalue weighted by molar-refractivity contribution is 7.78. The number of amides is 1.